The third-order valence-electron chi connectivity index (χ3n) is 5.32. The van der Waals surface area contributed by atoms with E-state index in [4.69, 9.17) is 0 Å². The summed E-state index contributed by atoms with van der Waals surface area (Å²) < 4.78 is 0. The second-order valence-electron chi connectivity index (χ2n) is 6.92. The lowest BCUT2D eigenvalue weighted by atomic mass is 10.1. The third-order valence-corrected chi connectivity index (χ3v) is 5.32. The number of hydrogen-bond acceptors (Lipinski definition) is 4. The number of nitro groups is 1. The van der Waals surface area contributed by atoms with Crippen molar-refractivity contribution in [3.63, 3.8) is 0 Å². The van der Waals surface area contributed by atoms with Crippen molar-refractivity contribution in [2.75, 3.05) is 18.0 Å². The molecule has 1 fully saturated rings. The fourth-order valence-corrected chi connectivity index (χ4v) is 3.99. The summed E-state index contributed by atoms with van der Waals surface area (Å²) in [6.45, 7) is 1.65. The van der Waals surface area contributed by atoms with Crippen LogP contribution in [0.2, 0.25) is 0 Å². The van der Waals surface area contributed by atoms with Gasteiger partial charge in [-0.1, -0.05) is 24.3 Å². The molecule has 1 amide bonds. The minimum Gasteiger partial charge on any atom is -0.366 e. The maximum absolute atomic E-state index is 12.7. The molecule has 0 spiro atoms. The van der Waals surface area contributed by atoms with Gasteiger partial charge in [0.15, 0.2) is 0 Å². The van der Waals surface area contributed by atoms with E-state index in [1.165, 1.54) is 11.6 Å². The van der Waals surface area contributed by atoms with Crippen LogP contribution in [0.1, 0.15) is 46.8 Å². The van der Waals surface area contributed by atoms with Crippen LogP contribution in [-0.4, -0.2) is 23.9 Å². The van der Waals surface area contributed by atoms with Crippen LogP contribution < -0.4 is 10.2 Å². The summed E-state index contributed by atoms with van der Waals surface area (Å²) in [5, 5.41) is 14.5. The molecule has 0 bridgehead atoms. The highest BCUT2D eigenvalue weighted by Crippen LogP contribution is 2.33. The van der Waals surface area contributed by atoms with E-state index in [9.17, 15) is 14.9 Å². The molecule has 6 heteroatoms. The van der Waals surface area contributed by atoms with Crippen molar-refractivity contribution >= 4 is 17.3 Å². The minimum absolute atomic E-state index is 0.00590. The van der Waals surface area contributed by atoms with Crippen LogP contribution in [0, 0.1) is 10.1 Å². The maximum atomic E-state index is 12.7. The highest BCUT2D eigenvalue weighted by molar-refractivity contribution is 5.96. The van der Waals surface area contributed by atoms with Gasteiger partial charge in [0, 0.05) is 24.7 Å². The van der Waals surface area contributed by atoms with E-state index in [2.05, 4.69) is 11.4 Å². The van der Waals surface area contributed by atoms with E-state index in [1.54, 1.807) is 12.1 Å². The number of rotatable bonds is 4. The van der Waals surface area contributed by atoms with E-state index in [0.29, 0.717) is 11.3 Å². The second-order valence-corrected chi connectivity index (χ2v) is 6.92. The molecule has 2 aliphatic rings. The van der Waals surface area contributed by atoms with Crippen LogP contribution in [0.25, 0.3) is 0 Å². The number of fused-ring (bicyclic) bond motifs is 1. The Kier molecular flexibility index (Phi) is 4.32. The molecule has 0 saturated carbocycles. The lowest BCUT2D eigenvalue weighted by Gasteiger charge is -2.18. The fourth-order valence-electron chi connectivity index (χ4n) is 3.99. The maximum Gasteiger partial charge on any atom is 0.293 e. The van der Waals surface area contributed by atoms with Crippen molar-refractivity contribution < 1.29 is 9.72 Å². The standard InChI is InChI=1S/C20H21N3O3/c24-20(21-17-9-7-14-5-1-2-6-16(14)17)15-8-10-18(19(13-15)23(25)26)22-11-3-4-12-22/h1-2,5-6,8,10,13,17H,3-4,7,9,11-12H2,(H,21,24). The fraction of sp³-hybridized carbons (Fsp3) is 0.350. The summed E-state index contributed by atoms with van der Waals surface area (Å²) in [7, 11) is 0. The molecule has 4 rings (SSSR count). The van der Waals surface area contributed by atoms with Crippen LogP contribution in [0.15, 0.2) is 42.5 Å². The molecule has 1 atom stereocenters. The molecule has 0 aromatic heterocycles. The molecule has 2 aromatic carbocycles. The molecule has 0 radical (unpaired) electrons. The summed E-state index contributed by atoms with van der Waals surface area (Å²) in [4.78, 5) is 25.8. The molecule has 26 heavy (non-hydrogen) atoms. The van der Waals surface area contributed by atoms with E-state index in [-0.39, 0.29) is 17.6 Å². The number of nitrogens with zero attached hydrogens (tertiary/aromatic N) is 2. The zero-order chi connectivity index (χ0) is 18.1. The molecule has 1 saturated heterocycles. The Bertz CT molecular complexity index is 859. The summed E-state index contributed by atoms with van der Waals surface area (Å²) in [5.41, 5.74) is 3.35. The number of amides is 1. The van der Waals surface area contributed by atoms with Gasteiger partial charge in [-0.25, -0.2) is 0 Å². The summed E-state index contributed by atoms with van der Waals surface area (Å²) in [6, 6.07) is 12.9. The van der Waals surface area contributed by atoms with E-state index in [1.807, 2.05) is 23.1 Å². The SMILES string of the molecule is O=C(NC1CCc2ccccc21)c1ccc(N2CCCC2)c([N+](=O)[O-])c1. The number of nitro benzene ring substituents is 1. The number of aryl methyl sites for hydroxylation is 1. The Morgan fingerprint density at radius 2 is 1.92 bits per heavy atom. The predicted molar refractivity (Wildman–Crippen MR) is 99.5 cm³/mol. The smallest absolute Gasteiger partial charge is 0.293 e. The zero-order valence-electron chi connectivity index (χ0n) is 14.5. The van der Waals surface area contributed by atoms with Gasteiger partial charge in [-0.05, 0) is 48.9 Å². The number of hydrogen-bond donors (Lipinski definition) is 1. The lowest BCUT2D eigenvalue weighted by Crippen LogP contribution is -2.27. The molecule has 6 nitrogen and oxygen atoms in total. The van der Waals surface area contributed by atoms with Crippen molar-refractivity contribution in [3.05, 3.63) is 69.3 Å². The largest absolute Gasteiger partial charge is 0.366 e. The van der Waals surface area contributed by atoms with Crippen molar-refractivity contribution in [1.29, 1.82) is 0 Å². The average molecular weight is 351 g/mol. The summed E-state index contributed by atoms with van der Waals surface area (Å²) in [6.07, 6.45) is 3.88. The highest BCUT2D eigenvalue weighted by atomic mass is 16.6. The topological polar surface area (TPSA) is 75.5 Å². The normalized spacial score (nSPS) is 18.6. The molecule has 1 N–H and O–H groups in total. The van der Waals surface area contributed by atoms with Crippen molar-refractivity contribution in [2.45, 2.75) is 31.7 Å². The Labute approximate surface area is 152 Å². The van der Waals surface area contributed by atoms with Crippen LogP contribution in [0.4, 0.5) is 11.4 Å². The van der Waals surface area contributed by atoms with Crippen LogP contribution in [-0.2, 0) is 6.42 Å². The van der Waals surface area contributed by atoms with Crippen LogP contribution in [0.5, 0.6) is 0 Å². The molecule has 1 aliphatic carbocycles. The van der Waals surface area contributed by atoms with Gasteiger partial charge in [0.2, 0.25) is 0 Å². The van der Waals surface area contributed by atoms with Gasteiger partial charge in [-0.3, -0.25) is 14.9 Å². The number of carbonyl (C=O) groups excluding carboxylic acids is 1. The van der Waals surface area contributed by atoms with Crippen molar-refractivity contribution in [1.82, 2.24) is 5.32 Å². The molecule has 1 unspecified atom stereocenters. The molecule has 1 heterocycles. The first-order chi connectivity index (χ1) is 12.6. The number of anilines is 1. The van der Waals surface area contributed by atoms with Gasteiger partial charge in [0.1, 0.15) is 5.69 Å². The minimum atomic E-state index is -0.394. The molecule has 134 valence electrons. The van der Waals surface area contributed by atoms with Crippen LogP contribution >= 0.6 is 0 Å². The van der Waals surface area contributed by atoms with E-state index >= 15 is 0 Å². The van der Waals surface area contributed by atoms with Gasteiger partial charge in [0.25, 0.3) is 11.6 Å². The Hall–Kier alpha value is -2.89. The highest BCUT2D eigenvalue weighted by Gasteiger charge is 2.26. The van der Waals surface area contributed by atoms with E-state index in [0.717, 1.165) is 44.3 Å². The monoisotopic (exact) mass is 351 g/mol. The first kappa shape index (κ1) is 16.6. The molecular weight excluding hydrogens is 330 g/mol. The number of nitrogens with one attached hydrogen (secondary N) is 1. The Morgan fingerprint density at radius 1 is 1.15 bits per heavy atom. The van der Waals surface area contributed by atoms with Crippen LogP contribution in [0.3, 0.4) is 0 Å². The van der Waals surface area contributed by atoms with Gasteiger partial charge in [-0.15, -0.1) is 0 Å². The van der Waals surface area contributed by atoms with Gasteiger partial charge < -0.3 is 10.2 Å². The summed E-state index contributed by atoms with van der Waals surface area (Å²) in [5.74, 6) is -0.261. The third kappa shape index (κ3) is 3.03. The van der Waals surface area contributed by atoms with E-state index < -0.39 is 4.92 Å². The number of benzene rings is 2. The first-order valence-electron chi connectivity index (χ1n) is 9.05. The Balaban J connectivity index is 1.57. The molecule has 1 aliphatic heterocycles. The average Bonchev–Trinajstić information content (AvgIpc) is 3.32. The lowest BCUT2D eigenvalue weighted by molar-refractivity contribution is -0.384. The second kappa shape index (κ2) is 6.78. The molecular formula is C20H21N3O3. The van der Waals surface area contributed by atoms with Gasteiger partial charge in [-0.2, -0.15) is 0 Å². The molecule has 2 aromatic rings. The first-order valence-corrected chi connectivity index (χ1v) is 9.05. The van der Waals surface area contributed by atoms with Gasteiger partial charge >= 0.3 is 0 Å². The number of carbonyl (C=O) groups is 1. The quantitative estimate of drug-likeness (QED) is 0.674. The predicted octanol–water partition coefficient (Wildman–Crippen LogP) is 3.61. The zero-order valence-corrected chi connectivity index (χ0v) is 14.5. The van der Waals surface area contributed by atoms with Crippen molar-refractivity contribution in [2.24, 2.45) is 0 Å². The van der Waals surface area contributed by atoms with Crippen molar-refractivity contribution in [3.8, 4) is 0 Å². The van der Waals surface area contributed by atoms with Gasteiger partial charge in [0.05, 0.1) is 11.0 Å². The summed E-state index contributed by atoms with van der Waals surface area (Å²) >= 11 is 0. The Morgan fingerprint density at radius 3 is 2.69 bits per heavy atom.